The van der Waals surface area contributed by atoms with Crippen molar-refractivity contribution in [2.45, 2.75) is 37.5 Å². The van der Waals surface area contributed by atoms with Crippen LogP contribution >= 0.6 is 11.8 Å². The van der Waals surface area contributed by atoms with Gasteiger partial charge in [-0.05, 0) is 25.2 Å². The van der Waals surface area contributed by atoms with Gasteiger partial charge in [0.05, 0.1) is 6.54 Å². The van der Waals surface area contributed by atoms with Gasteiger partial charge in [0.25, 0.3) is 0 Å². The van der Waals surface area contributed by atoms with Crippen molar-refractivity contribution in [1.82, 2.24) is 4.90 Å². The summed E-state index contributed by atoms with van der Waals surface area (Å²) >= 11 is 1.97. The van der Waals surface area contributed by atoms with E-state index in [0.29, 0.717) is 11.3 Å². The molecule has 2 fully saturated rings. The number of thioether (sulfide) groups is 1. The van der Waals surface area contributed by atoms with E-state index >= 15 is 0 Å². The monoisotopic (exact) mass is 229 g/mol. The highest BCUT2D eigenvalue weighted by Gasteiger charge is 2.32. The van der Waals surface area contributed by atoms with Crippen LogP contribution in [0.25, 0.3) is 0 Å². The minimum Gasteiger partial charge on any atom is -0.480 e. The molecule has 1 aliphatic heterocycles. The third-order valence-corrected chi connectivity index (χ3v) is 4.56. The Bertz CT molecular complexity index is 243. The van der Waals surface area contributed by atoms with Gasteiger partial charge in [0.15, 0.2) is 0 Å². The number of nitrogens with zero attached hydrogens (tertiary/aromatic N) is 1. The first-order valence-electron chi connectivity index (χ1n) is 5.72. The van der Waals surface area contributed by atoms with E-state index in [-0.39, 0.29) is 6.54 Å². The molecule has 15 heavy (non-hydrogen) atoms. The van der Waals surface area contributed by atoms with Gasteiger partial charge < -0.3 is 5.11 Å². The van der Waals surface area contributed by atoms with Crippen LogP contribution in [0.4, 0.5) is 0 Å². The van der Waals surface area contributed by atoms with E-state index in [2.05, 4.69) is 11.8 Å². The third-order valence-electron chi connectivity index (χ3n) is 3.22. The minimum absolute atomic E-state index is 0.231. The molecule has 1 aliphatic carbocycles. The molecule has 0 spiro atoms. The van der Waals surface area contributed by atoms with Crippen LogP contribution < -0.4 is 0 Å². The van der Waals surface area contributed by atoms with Crippen LogP contribution in [-0.2, 0) is 4.79 Å². The topological polar surface area (TPSA) is 40.5 Å². The van der Waals surface area contributed by atoms with Gasteiger partial charge >= 0.3 is 5.97 Å². The number of carbonyl (C=O) groups is 1. The molecular weight excluding hydrogens is 210 g/mol. The Labute approximate surface area is 95.2 Å². The van der Waals surface area contributed by atoms with E-state index in [1.54, 1.807) is 0 Å². The lowest BCUT2D eigenvalue weighted by Crippen LogP contribution is -2.40. The summed E-state index contributed by atoms with van der Waals surface area (Å²) in [4.78, 5) is 13.0. The molecule has 2 atom stereocenters. The van der Waals surface area contributed by atoms with Crippen molar-refractivity contribution in [3.63, 3.8) is 0 Å². The Kier molecular flexibility index (Phi) is 3.57. The highest BCUT2D eigenvalue weighted by atomic mass is 32.2. The summed E-state index contributed by atoms with van der Waals surface area (Å²) in [6, 6.07) is 0.502. The lowest BCUT2D eigenvalue weighted by Gasteiger charge is -2.26. The molecule has 0 bridgehead atoms. The first-order valence-corrected chi connectivity index (χ1v) is 6.77. The van der Waals surface area contributed by atoms with Gasteiger partial charge in [0, 0.05) is 23.6 Å². The average molecular weight is 229 g/mol. The van der Waals surface area contributed by atoms with E-state index in [4.69, 9.17) is 5.11 Å². The van der Waals surface area contributed by atoms with Crippen molar-refractivity contribution in [3.05, 3.63) is 0 Å². The molecule has 0 aromatic rings. The first-order chi connectivity index (χ1) is 7.15. The van der Waals surface area contributed by atoms with E-state index < -0.39 is 5.97 Å². The third kappa shape index (κ3) is 3.38. The zero-order valence-corrected chi connectivity index (χ0v) is 10.0. The predicted molar refractivity (Wildman–Crippen MR) is 62.3 cm³/mol. The van der Waals surface area contributed by atoms with Crippen molar-refractivity contribution in [2.24, 2.45) is 5.92 Å². The van der Waals surface area contributed by atoms with E-state index in [0.717, 1.165) is 24.6 Å². The summed E-state index contributed by atoms with van der Waals surface area (Å²) in [5.74, 6) is 1.21. The van der Waals surface area contributed by atoms with Crippen LogP contribution in [0.5, 0.6) is 0 Å². The predicted octanol–water partition coefficient (Wildman–Crippen LogP) is 1.68. The molecule has 1 saturated heterocycles. The fraction of sp³-hybridized carbons (Fsp3) is 0.909. The molecule has 0 radical (unpaired) electrons. The molecule has 0 aromatic heterocycles. The van der Waals surface area contributed by atoms with Crippen LogP contribution in [0, 0.1) is 5.92 Å². The molecule has 3 nitrogen and oxygen atoms in total. The molecule has 1 saturated carbocycles. The first kappa shape index (κ1) is 11.3. The van der Waals surface area contributed by atoms with Crippen molar-refractivity contribution >= 4 is 17.7 Å². The Morgan fingerprint density at radius 2 is 2.27 bits per heavy atom. The standard InChI is InChI=1S/C11H19NO2S/c1-8-4-10(7-15-8)12(6-11(13)14)5-9-2-3-9/h8-10H,2-7H2,1H3,(H,13,14). The molecule has 1 heterocycles. The molecule has 0 amide bonds. The lowest BCUT2D eigenvalue weighted by molar-refractivity contribution is -0.138. The Balaban J connectivity index is 1.87. The smallest absolute Gasteiger partial charge is 0.317 e. The number of carboxylic acid groups (broad SMARTS) is 1. The number of aliphatic carboxylic acids is 1. The fourth-order valence-corrected chi connectivity index (χ4v) is 3.45. The summed E-state index contributed by atoms with van der Waals surface area (Å²) in [7, 11) is 0. The zero-order valence-electron chi connectivity index (χ0n) is 9.19. The van der Waals surface area contributed by atoms with Gasteiger partial charge in [-0.2, -0.15) is 11.8 Å². The lowest BCUT2D eigenvalue weighted by atomic mass is 10.1. The molecule has 4 heteroatoms. The number of hydrogen-bond donors (Lipinski definition) is 1. The minimum atomic E-state index is -0.680. The van der Waals surface area contributed by atoms with Gasteiger partial charge in [-0.25, -0.2) is 0 Å². The number of carboxylic acids is 1. The molecular formula is C11H19NO2S. The maximum Gasteiger partial charge on any atom is 0.317 e. The van der Waals surface area contributed by atoms with Crippen molar-refractivity contribution in [3.8, 4) is 0 Å². The maximum absolute atomic E-state index is 10.8. The van der Waals surface area contributed by atoms with Gasteiger partial charge in [-0.15, -0.1) is 0 Å². The quantitative estimate of drug-likeness (QED) is 0.778. The Morgan fingerprint density at radius 3 is 2.73 bits per heavy atom. The van der Waals surface area contributed by atoms with E-state index in [9.17, 15) is 4.79 Å². The van der Waals surface area contributed by atoms with Gasteiger partial charge in [0.2, 0.25) is 0 Å². The second kappa shape index (κ2) is 4.74. The van der Waals surface area contributed by atoms with Crippen LogP contribution in [0.2, 0.25) is 0 Å². The van der Waals surface area contributed by atoms with Crippen molar-refractivity contribution in [2.75, 3.05) is 18.8 Å². The van der Waals surface area contributed by atoms with Crippen LogP contribution in [0.3, 0.4) is 0 Å². The molecule has 2 aliphatic rings. The Hall–Kier alpha value is -0.220. The van der Waals surface area contributed by atoms with Crippen LogP contribution in [0.1, 0.15) is 26.2 Å². The maximum atomic E-state index is 10.8. The summed E-state index contributed by atoms with van der Waals surface area (Å²) in [5, 5.41) is 9.59. The summed E-state index contributed by atoms with van der Waals surface area (Å²) < 4.78 is 0. The van der Waals surface area contributed by atoms with E-state index in [1.807, 2.05) is 11.8 Å². The normalized spacial score (nSPS) is 31.1. The van der Waals surface area contributed by atoms with Crippen molar-refractivity contribution < 1.29 is 9.90 Å². The van der Waals surface area contributed by atoms with Gasteiger partial charge in [-0.1, -0.05) is 6.92 Å². The SMILES string of the molecule is CC1CC(N(CC(=O)O)CC2CC2)CS1. The zero-order chi connectivity index (χ0) is 10.8. The van der Waals surface area contributed by atoms with Crippen LogP contribution in [0.15, 0.2) is 0 Å². The molecule has 2 rings (SSSR count). The number of rotatable bonds is 5. The molecule has 1 N–H and O–H groups in total. The van der Waals surface area contributed by atoms with Crippen molar-refractivity contribution in [1.29, 1.82) is 0 Å². The van der Waals surface area contributed by atoms with E-state index in [1.165, 1.54) is 12.8 Å². The second-order valence-electron chi connectivity index (χ2n) is 4.80. The fourth-order valence-electron chi connectivity index (χ4n) is 2.20. The van der Waals surface area contributed by atoms with Crippen LogP contribution in [-0.4, -0.2) is 46.1 Å². The molecule has 86 valence electrons. The molecule has 0 aromatic carbocycles. The number of hydrogen-bond acceptors (Lipinski definition) is 3. The summed E-state index contributed by atoms with van der Waals surface area (Å²) in [5.41, 5.74) is 0. The summed E-state index contributed by atoms with van der Waals surface area (Å²) in [6.45, 7) is 3.47. The van der Waals surface area contributed by atoms with Gasteiger partial charge in [-0.3, -0.25) is 9.69 Å². The highest BCUT2D eigenvalue weighted by Crippen LogP contribution is 2.34. The highest BCUT2D eigenvalue weighted by molar-refractivity contribution is 8.00. The largest absolute Gasteiger partial charge is 0.480 e. The summed E-state index contributed by atoms with van der Waals surface area (Å²) in [6.07, 6.45) is 3.75. The Morgan fingerprint density at radius 1 is 1.53 bits per heavy atom. The molecule has 2 unspecified atom stereocenters. The van der Waals surface area contributed by atoms with Gasteiger partial charge in [0.1, 0.15) is 0 Å². The average Bonchev–Trinajstić information content (AvgIpc) is 2.85. The second-order valence-corrected chi connectivity index (χ2v) is 6.27.